The molecule has 0 unspecified atom stereocenters. The highest BCUT2D eigenvalue weighted by Crippen LogP contribution is 2.47. The summed E-state index contributed by atoms with van der Waals surface area (Å²) in [7, 11) is 1.84. The van der Waals surface area contributed by atoms with E-state index in [0.717, 1.165) is 45.4 Å². The van der Waals surface area contributed by atoms with Crippen LogP contribution >= 0.6 is 24.0 Å². The monoisotopic (exact) mass is 506 g/mol. The number of aliphatic imine (C=N–C) groups is 1. The summed E-state index contributed by atoms with van der Waals surface area (Å²) in [5, 5.41) is 7.04. The number of benzene rings is 2. The minimum Gasteiger partial charge on any atom is -0.378 e. The Labute approximate surface area is 191 Å². The van der Waals surface area contributed by atoms with Gasteiger partial charge in [-0.05, 0) is 30.0 Å². The molecule has 156 valence electrons. The van der Waals surface area contributed by atoms with Crippen molar-refractivity contribution in [1.29, 1.82) is 0 Å². The van der Waals surface area contributed by atoms with Gasteiger partial charge in [-0.25, -0.2) is 0 Å². The second-order valence-corrected chi connectivity index (χ2v) is 7.65. The number of guanidine groups is 1. The molecule has 2 aromatic carbocycles. The molecule has 2 aromatic rings. The lowest BCUT2D eigenvalue weighted by atomic mass is 9.96. The summed E-state index contributed by atoms with van der Waals surface area (Å²) in [5.41, 5.74) is 4.27. The maximum Gasteiger partial charge on any atom is 0.191 e. The fourth-order valence-electron chi connectivity index (χ4n) is 3.94. The highest BCUT2D eigenvalue weighted by Gasteiger charge is 2.43. The average Bonchev–Trinajstić information content (AvgIpc) is 3.57. The van der Waals surface area contributed by atoms with Crippen LogP contribution in [-0.4, -0.2) is 45.9 Å². The highest BCUT2D eigenvalue weighted by atomic mass is 127. The van der Waals surface area contributed by atoms with Crippen molar-refractivity contribution in [2.75, 3.05) is 44.8 Å². The molecule has 0 amide bonds. The Bertz CT molecular complexity index is 802. The van der Waals surface area contributed by atoms with Gasteiger partial charge in [0.2, 0.25) is 0 Å². The van der Waals surface area contributed by atoms with Crippen molar-refractivity contribution in [2.24, 2.45) is 4.99 Å². The molecule has 0 bridgehead atoms. The maximum atomic E-state index is 5.50. The molecule has 0 atom stereocenters. The molecule has 4 rings (SSSR count). The SMILES string of the molecule is CN=C(NCc1ccccc1N1CCOCC1)NCC1(c2ccccc2)CC1.I. The number of ether oxygens (including phenoxy) is 1. The van der Waals surface area contributed by atoms with E-state index in [1.54, 1.807) is 0 Å². The number of nitrogens with zero attached hydrogens (tertiary/aromatic N) is 2. The summed E-state index contributed by atoms with van der Waals surface area (Å²) in [4.78, 5) is 6.84. The zero-order valence-corrected chi connectivity index (χ0v) is 19.4. The normalized spacial score (nSPS) is 18.0. The summed E-state index contributed by atoms with van der Waals surface area (Å²) in [5.74, 6) is 0.860. The number of anilines is 1. The minimum absolute atomic E-state index is 0. The Kier molecular flexibility index (Phi) is 7.77. The molecule has 0 radical (unpaired) electrons. The molecule has 1 aliphatic heterocycles. The topological polar surface area (TPSA) is 48.9 Å². The molecule has 0 spiro atoms. The largest absolute Gasteiger partial charge is 0.378 e. The molecule has 2 fully saturated rings. The molecule has 1 aliphatic carbocycles. The molecule has 1 saturated heterocycles. The third-order valence-corrected chi connectivity index (χ3v) is 5.85. The predicted molar refractivity (Wildman–Crippen MR) is 130 cm³/mol. The van der Waals surface area contributed by atoms with Crippen molar-refractivity contribution in [1.82, 2.24) is 10.6 Å². The van der Waals surface area contributed by atoms with Gasteiger partial charge in [0.1, 0.15) is 0 Å². The Hall–Kier alpha value is -1.80. The minimum atomic E-state index is 0. The molecule has 2 N–H and O–H groups in total. The summed E-state index contributed by atoms with van der Waals surface area (Å²) < 4.78 is 5.50. The standard InChI is InChI=1S/C23H30N4O.HI/c1-24-22(26-18-23(11-12-23)20-8-3-2-4-9-20)25-17-19-7-5-6-10-21(19)27-13-15-28-16-14-27;/h2-10H,11-18H2,1H3,(H2,24,25,26);1H. The van der Waals surface area contributed by atoms with Crippen LogP contribution in [0.5, 0.6) is 0 Å². The number of nitrogens with one attached hydrogen (secondary N) is 2. The lowest BCUT2D eigenvalue weighted by molar-refractivity contribution is 0.122. The number of hydrogen-bond donors (Lipinski definition) is 2. The van der Waals surface area contributed by atoms with E-state index in [2.05, 4.69) is 75.1 Å². The number of rotatable bonds is 6. The van der Waals surface area contributed by atoms with Crippen molar-refractivity contribution < 1.29 is 4.74 Å². The van der Waals surface area contributed by atoms with Crippen LogP contribution in [0.15, 0.2) is 59.6 Å². The third-order valence-electron chi connectivity index (χ3n) is 5.85. The molecule has 0 aromatic heterocycles. The molecule has 1 saturated carbocycles. The second kappa shape index (κ2) is 10.3. The van der Waals surface area contributed by atoms with Crippen LogP contribution in [0.25, 0.3) is 0 Å². The van der Waals surface area contributed by atoms with Gasteiger partial charge in [0.05, 0.1) is 13.2 Å². The van der Waals surface area contributed by atoms with Gasteiger partial charge < -0.3 is 20.3 Å². The first-order chi connectivity index (χ1) is 13.8. The number of hydrogen-bond acceptors (Lipinski definition) is 3. The van der Waals surface area contributed by atoms with Crippen LogP contribution < -0.4 is 15.5 Å². The van der Waals surface area contributed by atoms with Crippen molar-refractivity contribution in [2.45, 2.75) is 24.8 Å². The van der Waals surface area contributed by atoms with Gasteiger partial charge in [-0.1, -0.05) is 48.5 Å². The van der Waals surface area contributed by atoms with Crippen LogP contribution in [-0.2, 0) is 16.7 Å². The fraction of sp³-hybridized carbons (Fsp3) is 0.435. The number of morpholine rings is 1. The van der Waals surface area contributed by atoms with Gasteiger partial charge in [-0.15, -0.1) is 24.0 Å². The zero-order chi connectivity index (χ0) is 19.2. The molecular weight excluding hydrogens is 475 g/mol. The van der Waals surface area contributed by atoms with Gasteiger partial charge in [0.25, 0.3) is 0 Å². The summed E-state index contributed by atoms with van der Waals surface area (Å²) in [6, 6.07) is 19.4. The fourth-order valence-corrected chi connectivity index (χ4v) is 3.94. The van der Waals surface area contributed by atoms with E-state index in [1.807, 2.05) is 7.05 Å². The van der Waals surface area contributed by atoms with E-state index >= 15 is 0 Å². The average molecular weight is 506 g/mol. The van der Waals surface area contributed by atoms with E-state index in [9.17, 15) is 0 Å². The molecule has 6 heteroatoms. The van der Waals surface area contributed by atoms with Gasteiger partial charge in [-0.3, -0.25) is 4.99 Å². The molecule has 29 heavy (non-hydrogen) atoms. The van der Waals surface area contributed by atoms with Crippen LogP contribution in [0.4, 0.5) is 5.69 Å². The van der Waals surface area contributed by atoms with E-state index in [-0.39, 0.29) is 29.4 Å². The first-order valence-corrected chi connectivity index (χ1v) is 10.2. The summed E-state index contributed by atoms with van der Waals surface area (Å²) in [6.45, 7) is 5.17. The Morgan fingerprint density at radius 2 is 1.69 bits per heavy atom. The number of para-hydroxylation sites is 1. The van der Waals surface area contributed by atoms with Crippen LogP contribution in [0, 0.1) is 0 Å². The lowest BCUT2D eigenvalue weighted by Crippen LogP contribution is -2.41. The van der Waals surface area contributed by atoms with Gasteiger partial charge >= 0.3 is 0 Å². The Morgan fingerprint density at radius 3 is 2.38 bits per heavy atom. The summed E-state index contributed by atoms with van der Waals surface area (Å²) >= 11 is 0. The van der Waals surface area contributed by atoms with Crippen molar-refractivity contribution in [3.8, 4) is 0 Å². The lowest BCUT2D eigenvalue weighted by Gasteiger charge is -2.30. The van der Waals surface area contributed by atoms with E-state index in [0.29, 0.717) is 0 Å². The van der Waals surface area contributed by atoms with Crippen LogP contribution in [0.2, 0.25) is 0 Å². The molecular formula is C23H31IN4O. The molecule has 2 aliphatic rings. The van der Waals surface area contributed by atoms with E-state index in [1.165, 1.54) is 29.7 Å². The molecule has 1 heterocycles. The van der Waals surface area contributed by atoms with Crippen molar-refractivity contribution in [3.05, 3.63) is 65.7 Å². The quantitative estimate of drug-likeness (QED) is 0.358. The maximum absolute atomic E-state index is 5.50. The summed E-state index contributed by atoms with van der Waals surface area (Å²) in [6.07, 6.45) is 2.47. The Morgan fingerprint density at radius 1 is 1.00 bits per heavy atom. The van der Waals surface area contributed by atoms with Crippen LogP contribution in [0.1, 0.15) is 24.0 Å². The zero-order valence-electron chi connectivity index (χ0n) is 17.1. The van der Waals surface area contributed by atoms with Gasteiger partial charge in [-0.2, -0.15) is 0 Å². The predicted octanol–water partition coefficient (Wildman–Crippen LogP) is 3.54. The van der Waals surface area contributed by atoms with E-state index < -0.39 is 0 Å². The smallest absolute Gasteiger partial charge is 0.191 e. The second-order valence-electron chi connectivity index (χ2n) is 7.65. The molecule has 5 nitrogen and oxygen atoms in total. The Balaban J connectivity index is 0.00000240. The first kappa shape index (κ1) is 21.9. The third kappa shape index (κ3) is 5.42. The van der Waals surface area contributed by atoms with Crippen LogP contribution in [0.3, 0.4) is 0 Å². The van der Waals surface area contributed by atoms with Gasteiger partial charge in [0, 0.05) is 44.3 Å². The van der Waals surface area contributed by atoms with Crippen molar-refractivity contribution in [3.63, 3.8) is 0 Å². The number of halogens is 1. The van der Waals surface area contributed by atoms with Gasteiger partial charge in [0.15, 0.2) is 5.96 Å². The first-order valence-electron chi connectivity index (χ1n) is 10.2. The van der Waals surface area contributed by atoms with E-state index in [4.69, 9.17) is 4.74 Å². The highest BCUT2D eigenvalue weighted by molar-refractivity contribution is 14.0. The van der Waals surface area contributed by atoms with Crippen molar-refractivity contribution >= 4 is 35.6 Å².